The maximum absolute atomic E-state index is 12.2. The van der Waals surface area contributed by atoms with Crippen LogP contribution in [0.2, 0.25) is 0 Å². The van der Waals surface area contributed by atoms with Crippen molar-refractivity contribution in [1.29, 1.82) is 0 Å². The first-order valence-electron chi connectivity index (χ1n) is 9.30. The van der Waals surface area contributed by atoms with Crippen LogP contribution in [0, 0.1) is 11.8 Å². The molecule has 0 N–H and O–H groups in total. The van der Waals surface area contributed by atoms with Crippen LogP contribution in [0.1, 0.15) is 26.7 Å². The number of carbonyl (C=O) groups excluding carboxylic acids is 1. The number of hydrogen-bond acceptors (Lipinski definition) is 4. The number of likely N-dealkylation sites (tertiary alicyclic amines) is 1. The van der Waals surface area contributed by atoms with Gasteiger partial charge in [-0.3, -0.25) is 9.69 Å². The van der Waals surface area contributed by atoms with Gasteiger partial charge in [0.15, 0.2) is 0 Å². The third-order valence-corrected chi connectivity index (χ3v) is 5.19. The second kappa shape index (κ2) is 7.97. The molecule has 3 rings (SSSR count). The van der Waals surface area contributed by atoms with E-state index in [-0.39, 0.29) is 5.92 Å². The van der Waals surface area contributed by atoms with Gasteiger partial charge in [0.25, 0.3) is 0 Å². The standard InChI is InChI=1S/C19H30N4O/c1-16(2)19(24)23-9-5-6-17(15-23)14-21-10-12-22(13-11-21)18-7-3-4-8-20-18/h3-4,7-8,16-17H,5-6,9-15H2,1-2H3. The smallest absolute Gasteiger partial charge is 0.225 e. The van der Waals surface area contributed by atoms with Crippen LogP contribution in [-0.2, 0) is 4.79 Å². The van der Waals surface area contributed by atoms with Crippen molar-refractivity contribution in [3.05, 3.63) is 24.4 Å². The fourth-order valence-corrected chi connectivity index (χ4v) is 3.84. The Morgan fingerprint density at radius 1 is 1.21 bits per heavy atom. The molecule has 0 aromatic carbocycles. The fourth-order valence-electron chi connectivity index (χ4n) is 3.84. The van der Waals surface area contributed by atoms with Gasteiger partial charge >= 0.3 is 0 Å². The third kappa shape index (κ3) is 4.26. The van der Waals surface area contributed by atoms with Crippen LogP contribution in [-0.4, -0.2) is 66.5 Å². The lowest BCUT2D eigenvalue weighted by atomic mass is 9.96. The van der Waals surface area contributed by atoms with Gasteiger partial charge in [0.2, 0.25) is 5.91 Å². The maximum atomic E-state index is 12.2. The molecule has 1 atom stereocenters. The molecular weight excluding hydrogens is 300 g/mol. The summed E-state index contributed by atoms with van der Waals surface area (Å²) in [6, 6.07) is 6.11. The number of amides is 1. The highest BCUT2D eigenvalue weighted by Gasteiger charge is 2.27. The van der Waals surface area contributed by atoms with Crippen LogP contribution in [0.25, 0.3) is 0 Å². The fraction of sp³-hybridized carbons (Fsp3) is 0.684. The summed E-state index contributed by atoms with van der Waals surface area (Å²) in [7, 11) is 0. The molecule has 132 valence electrons. The average Bonchev–Trinajstić information content (AvgIpc) is 2.62. The minimum Gasteiger partial charge on any atom is -0.354 e. The molecule has 0 aliphatic carbocycles. The predicted molar refractivity (Wildman–Crippen MR) is 97.0 cm³/mol. The predicted octanol–water partition coefficient (Wildman–Crippen LogP) is 2.10. The molecule has 0 spiro atoms. The molecule has 5 heteroatoms. The van der Waals surface area contributed by atoms with E-state index in [2.05, 4.69) is 31.8 Å². The number of hydrogen-bond donors (Lipinski definition) is 0. The zero-order valence-corrected chi connectivity index (χ0v) is 15.0. The Balaban J connectivity index is 1.47. The van der Waals surface area contributed by atoms with Gasteiger partial charge in [-0.05, 0) is 30.9 Å². The number of nitrogens with zero attached hydrogens (tertiary/aromatic N) is 4. The van der Waals surface area contributed by atoms with Gasteiger partial charge in [-0.1, -0.05) is 19.9 Å². The van der Waals surface area contributed by atoms with Crippen LogP contribution >= 0.6 is 0 Å². The van der Waals surface area contributed by atoms with Gasteiger partial charge in [0.1, 0.15) is 5.82 Å². The van der Waals surface area contributed by atoms with Gasteiger partial charge in [0.05, 0.1) is 0 Å². The van der Waals surface area contributed by atoms with E-state index in [1.54, 1.807) is 0 Å². The zero-order valence-electron chi connectivity index (χ0n) is 15.0. The van der Waals surface area contributed by atoms with Gasteiger partial charge in [-0.2, -0.15) is 0 Å². The number of piperazine rings is 1. The zero-order chi connectivity index (χ0) is 16.9. The number of piperidine rings is 1. The summed E-state index contributed by atoms with van der Waals surface area (Å²) in [6.45, 7) is 11.3. The monoisotopic (exact) mass is 330 g/mol. The number of carbonyl (C=O) groups is 1. The van der Waals surface area contributed by atoms with Crippen molar-refractivity contribution in [2.75, 3.05) is 50.7 Å². The van der Waals surface area contributed by atoms with Gasteiger partial charge in [-0.15, -0.1) is 0 Å². The van der Waals surface area contributed by atoms with E-state index in [4.69, 9.17) is 0 Å². The lowest BCUT2D eigenvalue weighted by Crippen LogP contribution is -2.50. The molecule has 2 fully saturated rings. The minimum absolute atomic E-state index is 0.116. The van der Waals surface area contributed by atoms with E-state index in [1.165, 1.54) is 6.42 Å². The van der Waals surface area contributed by atoms with Crippen molar-refractivity contribution in [1.82, 2.24) is 14.8 Å². The average molecular weight is 330 g/mol. The SMILES string of the molecule is CC(C)C(=O)N1CCCC(CN2CCN(c3ccccn3)CC2)C1. The number of pyridine rings is 1. The van der Waals surface area contributed by atoms with Crippen LogP contribution in [0.3, 0.4) is 0 Å². The quantitative estimate of drug-likeness (QED) is 0.848. The van der Waals surface area contributed by atoms with E-state index in [0.717, 1.165) is 58.1 Å². The summed E-state index contributed by atoms with van der Waals surface area (Å²) in [5, 5.41) is 0. The number of aromatic nitrogens is 1. The Labute approximate surface area is 145 Å². The highest BCUT2D eigenvalue weighted by atomic mass is 16.2. The third-order valence-electron chi connectivity index (χ3n) is 5.19. The Kier molecular flexibility index (Phi) is 5.72. The molecule has 1 aromatic heterocycles. The second-order valence-corrected chi connectivity index (χ2v) is 7.42. The molecule has 2 aliphatic heterocycles. The first kappa shape index (κ1) is 17.2. The van der Waals surface area contributed by atoms with Crippen molar-refractivity contribution in [2.45, 2.75) is 26.7 Å². The van der Waals surface area contributed by atoms with E-state index in [1.807, 2.05) is 26.1 Å². The van der Waals surface area contributed by atoms with Crippen molar-refractivity contribution >= 4 is 11.7 Å². The molecule has 3 heterocycles. The number of rotatable bonds is 4. The molecule has 5 nitrogen and oxygen atoms in total. The Hall–Kier alpha value is -1.62. The summed E-state index contributed by atoms with van der Waals surface area (Å²) < 4.78 is 0. The Morgan fingerprint density at radius 2 is 2.00 bits per heavy atom. The number of anilines is 1. The van der Waals surface area contributed by atoms with Gasteiger partial charge < -0.3 is 9.80 Å². The van der Waals surface area contributed by atoms with Crippen LogP contribution < -0.4 is 4.90 Å². The summed E-state index contributed by atoms with van der Waals surface area (Å²) in [5.74, 6) is 2.15. The Bertz CT molecular complexity index is 525. The van der Waals surface area contributed by atoms with Crippen molar-refractivity contribution in [3.63, 3.8) is 0 Å². The molecule has 0 saturated carbocycles. The molecule has 1 aromatic rings. The molecule has 1 amide bonds. The highest BCUT2D eigenvalue weighted by molar-refractivity contribution is 5.78. The molecular formula is C19H30N4O. The van der Waals surface area contributed by atoms with E-state index in [0.29, 0.717) is 11.8 Å². The summed E-state index contributed by atoms with van der Waals surface area (Å²) in [4.78, 5) is 23.7. The topological polar surface area (TPSA) is 39.7 Å². The molecule has 2 saturated heterocycles. The van der Waals surface area contributed by atoms with E-state index in [9.17, 15) is 4.79 Å². The summed E-state index contributed by atoms with van der Waals surface area (Å²) in [6.07, 6.45) is 4.27. The minimum atomic E-state index is 0.116. The molecule has 1 unspecified atom stereocenters. The summed E-state index contributed by atoms with van der Waals surface area (Å²) in [5.41, 5.74) is 0. The molecule has 24 heavy (non-hydrogen) atoms. The van der Waals surface area contributed by atoms with Gasteiger partial charge in [0, 0.05) is 57.9 Å². The first-order valence-corrected chi connectivity index (χ1v) is 9.30. The molecule has 0 bridgehead atoms. The van der Waals surface area contributed by atoms with Crippen LogP contribution in [0.4, 0.5) is 5.82 Å². The van der Waals surface area contributed by atoms with Crippen LogP contribution in [0.5, 0.6) is 0 Å². The lowest BCUT2D eigenvalue weighted by molar-refractivity contribution is -0.136. The van der Waals surface area contributed by atoms with Crippen LogP contribution in [0.15, 0.2) is 24.4 Å². The van der Waals surface area contributed by atoms with Crippen molar-refractivity contribution in [2.24, 2.45) is 11.8 Å². The van der Waals surface area contributed by atoms with Crippen molar-refractivity contribution < 1.29 is 4.79 Å². The lowest BCUT2D eigenvalue weighted by Gasteiger charge is -2.40. The summed E-state index contributed by atoms with van der Waals surface area (Å²) >= 11 is 0. The first-order chi connectivity index (χ1) is 11.6. The normalized spacial score (nSPS) is 22.9. The largest absolute Gasteiger partial charge is 0.354 e. The van der Waals surface area contributed by atoms with E-state index < -0.39 is 0 Å². The second-order valence-electron chi connectivity index (χ2n) is 7.42. The maximum Gasteiger partial charge on any atom is 0.225 e. The van der Waals surface area contributed by atoms with Gasteiger partial charge in [-0.25, -0.2) is 4.98 Å². The Morgan fingerprint density at radius 3 is 2.67 bits per heavy atom. The molecule has 2 aliphatic rings. The van der Waals surface area contributed by atoms with E-state index >= 15 is 0 Å². The molecule has 0 radical (unpaired) electrons. The van der Waals surface area contributed by atoms with Crippen molar-refractivity contribution in [3.8, 4) is 0 Å². The highest BCUT2D eigenvalue weighted by Crippen LogP contribution is 2.21.